The summed E-state index contributed by atoms with van der Waals surface area (Å²) < 4.78 is 5.63. The van der Waals surface area contributed by atoms with Crippen molar-refractivity contribution in [3.63, 3.8) is 0 Å². The van der Waals surface area contributed by atoms with Crippen molar-refractivity contribution in [1.82, 2.24) is 10.2 Å². The van der Waals surface area contributed by atoms with Crippen LogP contribution in [0.1, 0.15) is 40.5 Å². The average molecular weight is 253 g/mol. The van der Waals surface area contributed by atoms with Gasteiger partial charge < -0.3 is 9.64 Å². The van der Waals surface area contributed by atoms with Gasteiger partial charge in [0.05, 0.1) is 12.2 Å². The van der Waals surface area contributed by atoms with E-state index in [0.29, 0.717) is 12.1 Å². The molecule has 0 aromatic rings. The lowest BCUT2D eigenvalue weighted by molar-refractivity contribution is 0.0668. The van der Waals surface area contributed by atoms with E-state index >= 15 is 0 Å². The van der Waals surface area contributed by atoms with Gasteiger partial charge in [-0.2, -0.15) is 5.26 Å². The van der Waals surface area contributed by atoms with E-state index in [-0.39, 0.29) is 0 Å². The molecule has 1 aliphatic heterocycles. The van der Waals surface area contributed by atoms with Gasteiger partial charge >= 0.3 is 0 Å². The van der Waals surface area contributed by atoms with Crippen LogP contribution in [0.5, 0.6) is 0 Å². The monoisotopic (exact) mass is 253 g/mol. The third-order valence-electron chi connectivity index (χ3n) is 3.32. The fourth-order valence-corrected chi connectivity index (χ4v) is 2.46. The van der Waals surface area contributed by atoms with Crippen molar-refractivity contribution < 1.29 is 4.74 Å². The van der Waals surface area contributed by atoms with Crippen molar-refractivity contribution in [3.8, 4) is 6.07 Å². The Labute approximate surface area is 111 Å². The molecule has 2 atom stereocenters. The van der Waals surface area contributed by atoms with Gasteiger partial charge in [0, 0.05) is 32.3 Å². The Morgan fingerprint density at radius 3 is 2.89 bits per heavy atom. The van der Waals surface area contributed by atoms with Crippen LogP contribution in [0.4, 0.5) is 0 Å². The van der Waals surface area contributed by atoms with Crippen LogP contribution in [0.25, 0.3) is 0 Å². The zero-order valence-corrected chi connectivity index (χ0v) is 12.2. The summed E-state index contributed by atoms with van der Waals surface area (Å²) in [6.07, 6.45) is 2.25. The summed E-state index contributed by atoms with van der Waals surface area (Å²) in [6, 6.07) is 2.74. The first-order chi connectivity index (χ1) is 8.45. The summed E-state index contributed by atoms with van der Waals surface area (Å²) in [6.45, 7) is 12.1. The second kappa shape index (κ2) is 7.08. The molecule has 0 spiro atoms. The highest BCUT2D eigenvalue weighted by molar-refractivity contribution is 5.04. The zero-order chi connectivity index (χ0) is 13.6. The van der Waals surface area contributed by atoms with Gasteiger partial charge in [-0.25, -0.2) is 0 Å². The van der Waals surface area contributed by atoms with Gasteiger partial charge in [-0.1, -0.05) is 0 Å². The van der Waals surface area contributed by atoms with E-state index in [1.54, 1.807) is 0 Å². The predicted octanol–water partition coefficient (Wildman–Crippen LogP) is 1.77. The maximum absolute atomic E-state index is 9.32. The Hall–Kier alpha value is -0.630. The van der Waals surface area contributed by atoms with Gasteiger partial charge in [0.15, 0.2) is 0 Å². The number of nitrogens with one attached hydrogen (secondary N) is 1. The minimum atomic E-state index is -0.426. The van der Waals surface area contributed by atoms with Gasteiger partial charge in [0.2, 0.25) is 0 Å². The topological polar surface area (TPSA) is 48.3 Å². The first-order valence-corrected chi connectivity index (χ1v) is 6.98. The molecule has 0 saturated carbocycles. The molecule has 1 fully saturated rings. The van der Waals surface area contributed by atoms with Crippen LogP contribution >= 0.6 is 0 Å². The molecule has 2 unspecified atom stereocenters. The Bertz CT molecular complexity index is 287. The normalized spacial score (nSPS) is 25.4. The van der Waals surface area contributed by atoms with E-state index in [4.69, 9.17) is 4.74 Å². The van der Waals surface area contributed by atoms with E-state index in [9.17, 15) is 5.26 Å². The minimum Gasteiger partial charge on any atom is -0.377 e. The maximum Gasteiger partial charge on any atom is 0.105 e. The lowest BCUT2D eigenvalue weighted by Crippen LogP contribution is -2.47. The summed E-state index contributed by atoms with van der Waals surface area (Å²) in [5.74, 6) is 0. The summed E-state index contributed by atoms with van der Waals surface area (Å²) in [5, 5.41) is 12.7. The molecule has 1 heterocycles. The van der Waals surface area contributed by atoms with Gasteiger partial charge in [0.1, 0.15) is 5.54 Å². The molecule has 0 aliphatic carbocycles. The number of hydrogen-bond donors (Lipinski definition) is 1. The van der Waals surface area contributed by atoms with E-state index in [1.165, 1.54) is 0 Å². The highest BCUT2D eigenvalue weighted by atomic mass is 16.5. The average Bonchev–Trinajstić information content (AvgIpc) is 2.50. The second-order valence-electron chi connectivity index (χ2n) is 5.83. The lowest BCUT2D eigenvalue weighted by Gasteiger charge is -2.29. The van der Waals surface area contributed by atoms with E-state index < -0.39 is 5.54 Å². The zero-order valence-electron chi connectivity index (χ0n) is 12.2. The largest absolute Gasteiger partial charge is 0.377 e. The summed E-state index contributed by atoms with van der Waals surface area (Å²) >= 11 is 0. The third kappa shape index (κ3) is 5.34. The highest BCUT2D eigenvalue weighted by Crippen LogP contribution is 2.13. The standard InChI is InChI=1S/C14H27N3O/c1-12(2)16-14(4,11-15)6-8-17-7-5-9-18-13(3)10-17/h12-13,16H,5-10H2,1-4H3. The lowest BCUT2D eigenvalue weighted by atomic mass is 9.98. The number of hydrogen-bond acceptors (Lipinski definition) is 4. The minimum absolute atomic E-state index is 0.305. The molecule has 0 aromatic carbocycles. The van der Waals surface area contributed by atoms with E-state index in [1.807, 2.05) is 6.92 Å². The number of ether oxygens (including phenoxy) is 1. The molecule has 1 saturated heterocycles. The van der Waals surface area contributed by atoms with Crippen LogP contribution in [-0.2, 0) is 4.74 Å². The first-order valence-electron chi connectivity index (χ1n) is 6.98. The molecule has 4 heteroatoms. The van der Waals surface area contributed by atoms with Crippen LogP contribution < -0.4 is 5.32 Å². The van der Waals surface area contributed by atoms with Crippen LogP contribution in [-0.4, -0.2) is 48.8 Å². The third-order valence-corrected chi connectivity index (χ3v) is 3.32. The molecule has 0 amide bonds. The Morgan fingerprint density at radius 1 is 1.56 bits per heavy atom. The molecule has 104 valence electrons. The molecule has 18 heavy (non-hydrogen) atoms. The van der Waals surface area contributed by atoms with Gasteiger partial charge in [0.25, 0.3) is 0 Å². The Morgan fingerprint density at radius 2 is 2.28 bits per heavy atom. The fraction of sp³-hybridized carbons (Fsp3) is 0.929. The summed E-state index contributed by atoms with van der Waals surface area (Å²) in [4.78, 5) is 2.41. The SMILES string of the molecule is CC(C)NC(C)(C#N)CCN1CCCOC(C)C1. The Kier molecular flexibility index (Phi) is 6.07. The van der Waals surface area contributed by atoms with Crippen LogP contribution in [0, 0.1) is 11.3 Å². The molecule has 0 bridgehead atoms. The van der Waals surface area contributed by atoms with Crippen molar-refractivity contribution in [1.29, 1.82) is 5.26 Å². The van der Waals surface area contributed by atoms with Gasteiger partial charge in [-0.15, -0.1) is 0 Å². The molecule has 1 rings (SSSR count). The number of nitriles is 1. The van der Waals surface area contributed by atoms with Gasteiger partial charge in [-0.3, -0.25) is 5.32 Å². The van der Waals surface area contributed by atoms with E-state index in [0.717, 1.165) is 39.1 Å². The van der Waals surface area contributed by atoms with Crippen molar-refractivity contribution in [2.24, 2.45) is 0 Å². The van der Waals surface area contributed by atoms with Crippen molar-refractivity contribution in [3.05, 3.63) is 0 Å². The summed E-state index contributed by atoms with van der Waals surface area (Å²) in [7, 11) is 0. The first kappa shape index (κ1) is 15.4. The van der Waals surface area contributed by atoms with Crippen molar-refractivity contribution >= 4 is 0 Å². The molecule has 4 nitrogen and oxygen atoms in total. The van der Waals surface area contributed by atoms with Crippen LogP contribution in [0.15, 0.2) is 0 Å². The molecule has 1 N–H and O–H groups in total. The van der Waals surface area contributed by atoms with Crippen LogP contribution in [0.2, 0.25) is 0 Å². The molecule has 0 radical (unpaired) electrons. The quantitative estimate of drug-likeness (QED) is 0.811. The smallest absolute Gasteiger partial charge is 0.105 e. The molecule has 1 aliphatic rings. The van der Waals surface area contributed by atoms with Crippen molar-refractivity contribution in [2.45, 2.75) is 58.2 Å². The highest BCUT2D eigenvalue weighted by Gasteiger charge is 2.25. The van der Waals surface area contributed by atoms with Crippen LogP contribution in [0.3, 0.4) is 0 Å². The Balaban J connectivity index is 2.44. The number of nitrogens with zero attached hydrogens (tertiary/aromatic N) is 2. The van der Waals surface area contributed by atoms with E-state index in [2.05, 4.69) is 37.1 Å². The molecular weight excluding hydrogens is 226 g/mol. The second-order valence-corrected chi connectivity index (χ2v) is 5.83. The number of rotatable bonds is 5. The maximum atomic E-state index is 9.32. The molecular formula is C14H27N3O. The van der Waals surface area contributed by atoms with Crippen molar-refractivity contribution in [2.75, 3.05) is 26.2 Å². The fourth-order valence-electron chi connectivity index (χ4n) is 2.46. The predicted molar refractivity (Wildman–Crippen MR) is 73.4 cm³/mol. The summed E-state index contributed by atoms with van der Waals surface area (Å²) in [5.41, 5.74) is -0.426. The molecule has 0 aromatic heterocycles. The van der Waals surface area contributed by atoms with Gasteiger partial charge in [-0.05, 0) is 40.5 Å².